The lowest BCUT2D eigenvalue weighted by Gasteiger charge is -2.28. The number of unbranched alkanes of at least 4 members (excludes halogenated alkanes) is 26. The SMILES string of the molecule is CCCCCCCCC/C=C/CCC[C@@H](O)[C@@H](O)[C@H](CO)NC(=O)[C@H](O)[C@H](O)CCCCCCCCCCCCCCCCCCCCC. The largest absolute Gasteiger partial charge is 0.394 e. The van der Waals surface area contributed by atoms with Gasteiger partial charge in [0, 0.05) is 0 Å². The van der Waals surface area contributed by atoms with Crippen molar-refractivity contribution in [3.8, 4) is 0 Å². The number of hydrogen-bond donors (Lipinski definition) is 6. The monoisotopic (exact) mass is 698 g/mol. The van der Waals surface area contributed by atoms with Crippen molar-refractivity contribution in [2.24, 2.45) is 0 Å². The molecule has 0 heterocycles. The van der Waals surface area contributed by atoms with Gasteiger partial charge in [-0.15, -0.1) is 0 Å². The summed E-state index contributed by atoms with van der Waals surface area (Å²) < 4.78 is 0. The van der Waals surface area contributed by atoms with E-state index >= 15 is 0 Å². The first-order valence-corrected chi connectivity index (χ1v) is 21.2. The number of hydrogen-bond acceptors (Lipinski definition) is 6. The second-order valence-corrected chi connectivity index (χ2v) is 14.8. The molecule has 49 heavy (non-hydrogen) atoms. The van der Waals surface area contributed by atoms with Gasteiger partial charge in [0.2, 0.25) is 0 Å². The third kappa shape index (κ3) is 30.4. The van der Waals surface area contributed by atoms with Crippen molar-refractivity contribution in [1.29, 1.82) is 0 Å². The van der Waals surface area contributed by atoms with Gasteiger partial charge in [-0.25, -0.2) is 0 Å². The van der Waals surface area contributed by atoms with Gasteiger partial charge in [0.1, 0.15) is 6.10 Å². The van der Waals surface area contributed by atoms with Gasteiger partial charge in [-0.05, 0) is 38.5 Å². The molecule has 0 rings (SSSR count). The molecule has 0 fully saturated rings. The van der Waals surface area contributed by atoms with Crippen molar-refractivity contribution in [2.45, 2.75) is 243 Å². The smallest absolute Gasteiger partial charge is 0.251 e. The summed E-state index contributed by atoms with van der Waals surface area (Å²) in [4.78, 5) is 12.5. The molecule has 0 bridgehead atoms. The van der Waals surface area contributed by atoms with Crippen molar-refractivity contribution >= 4 is 5.91 Å². The van der Waals surface area contributed by atoms with Crippen molar-refractivity contribution < 1.29 is 30.3 Å². The van der Waals surface area contributed by atoms with E-state index in [1.54, 1.807) is 0 Å². The summed E-state index contributed by atoms with van der Waals surface area (Å²) in [6, 6.07) is -1.12. The highest BCUT2D eigenvalue weighted by Crippen LogP contribution is 2.16. The molecular weight excluding hydrogens is 614 g/mol. The summed E-state index contributed by atoms with van der Waals surface area (Å²) in [5, 5.41) is 53.8. The number of nitrogens with one attached hydrogen (secondary N) is 1. The zero-order chi connectivity index (χ0) is 36.2. The number of aliphatic hydroxyl groups is 5. The quantitative estimate of drug-likeness (QED) is 0.0282. The molecular formula is C42H83NO6. The molecule has 6 N–H and O–H groups in total. The van der Waals surface area contributed by atoms with Gasteiger partial charge in [-0.2, -0.15) is 0 Å². The van der Waals surface area contributed by atoms with Crippen molar-refractivity contribution in [1.82, 2.24) is 5.32 Å². The Morgan fingerprint density at radius 2 is 0.837 bits per heavy atom. The third-order valence-electron chi connectivity index (χ3n) is 10.1. The van der Waals surface area contributed by atoms with E-state index in [9.17, 15) is 30.3 Å². The first-order valence-electron chi connectivity index (χ1n) is 21.2. The van der Waals surface area contributed by atoms with Crippen LogP contribution in [-0.4, -0.2) is 68.5 Å². The Bertz CT molecular complexity index is 719. The van der Waals surface area contributed by atoms with Gasteiger partial charge in [0.05, 0.1) is 24.9 Å². The van der Waals surface area contributed by atoms with E-state index in [-0.39, 0.29) is 0 Å². The molecule has 5 atom stereocenters. The predicted octanol–water partition coefficient (Wildman–Crippen LogP) is 9.60. The second kappa shape index (κ2) is 36.8. The van der Waals surface area contributed by atoms with Gasteiger partial charge in [0.15, 0.2) is 6.10 Å². The van der Waals surface area contributed by atoms with Gasteiger partial charge < -0.3 is 30.8 Å². The Balaban J connectivity index is 3.85. The number of allylic oxidation sites excluding steroid dienone is 2. The average Bonchev–Trinajstić information content (AvgIpc) is 3.11. The fraction of sp³-hybridized carbons (Fsp3) is 0.929. The molecule has 292 valence electrons. The van der Waals surface area contributed by atoms with Crippen LogP contribution in [0, 0.1) is 0 Å². The van der Waals surface area contributed by atoms with Gasteiger partial charge in [-0.3, -0.25) is 4.79 Å². The number of rotatable bonds is 38. The molecule has 0 aliphatic carbocycles. The predicted molar refractivity (Wildman–Crippen MR) is 207 cm³/mol. The molecule has 0 aliphatic heterocycles. The lowest BCUT2D eigenvalue weighted by atomic mass is 9.99. The number of carbonyl (C=O) groups is 1. The normalized spacial score (nSPS) is 15.0. The van der Waals surface area contributed by atoms with Crippen molar-refractivity contribution in [3.05, 3.63) is 12.2 Å². The minimum absolute atomic E-state index is 0.314. The van der Waals surface area contributed by atoms with Crippen LogP contribution in [0.4, 0.5) is 0 Å². The first kappa shape index (κ1) is 48.0. The Morgan fingerprint density at radius 3 is 1.24 bits per heavy atom. The maximum atomic E-state index is 12.5. The molecule has 0 aromatic heterocycles. The van der Waals surface area contributed by atoms with Crippen LogP contribution in [0.25, 0.3) is 0 Å². The topological polar surface area (TPSA) is 130 Å². The lowest BCUT2D eigenvalue weighted by Crippen LogP contribution is -2.54. The van der Waals surface area contributed by atoms with E-state index < -0.39 is 43.0 Å². The van der Waals surface area contributed by atoms with E-state index in [2.05, 4.69) is 31.3 Å². The molecule has 1 amide bonds. The molecule has 0 saturated carbocycles. The summed E-state index contributed by atoms with van der Waals surface area (Å²) in [6.45, 7) is 3.92. The van der Waals surface area contributed by atoms with Crippen LogP contribution in [0.15, 0.2) is 12.2 Å². The standard InChI is InChI=1S/C42H83NO6/c1-3-5-7-9-11-13-15-17-18-19-20-21-22-23-25-27-29-31-33-35-39(46)41(48)42(49)43-37(36-44)40(47)38(45)34-32-30-28-26-24-16-14-12-10-8-6-4-2/h26,28,37-41,44-48H,3-25,27,29-36H2,1-2H3,(H,43,49)/b28-26+/t37-,38+,39+,40-,41+/m0/s1. The molecule has 0 aromatic carbocycles. The van der Waals surface area contributed by atoms with Crippen LogP contribution < -0.4 is 5.32 Å². The van der Waals surface area contributed by atoms with E-state index in [0.717, 1.165) is 32.1 Å². The van der Waals surface area contributed by atoms with Crippen LogP contribution in [-0.2, 0) is 4.79 Å². The molecule has 0 aliphatic rings. The summed E-state index contributed by atoms with van der Waals surface area (Å²) in [6.07, 6.45) is 35.6. The summed E-state index contributed by atoms with van der Waals surface area (Å²) in [5.74, 6) is -0.844. The van der Waals surface area contributed by atoms with E-state index in [1.807, 2.05) is 0 Å². The molecule has 7 heteroatoms. The molecule has 0 aromatic rings. The maximum Gasteiger partial charge on any atom is 0.251 e. The minimum atomic E-state index is -1.64. The van der Waals surface area contributed by atoms with Crippen molar-refractivity contribution in [3.63, 3.8) is 0 Å². The molecule has 0 saturated heterocycles. The average molecular weight is 698 g/mol. The van der Waals surface area contributed by atoms with Crippen LogP contribution >= 0.6 is 0 Å². The Labute approximate surface area is 303 Å². The summed E-state index contributed by atoms with van der Waals surface area (Å²) in [5.41, 5.74) is 0. The molecule has 7 nitrogen and oxygen atoms in total. The van der Waals surface area contributed by atoms with Crippen LogP contribution in [0.3, 0.4) is 0 Å². The number of aliphatic hydroxyl groups excluding tert-OH is 5. The number of carbonyl (C=O) groups excluding carboxylic acids is 1. The van der Waals surface area contributed by atoms with Crippen LogP contribution in [0.2, 0.25) is 0 Å². The zero-order valence-electron chi connectivity index (χ0n) is 32.3. The highest BCUT2D eigenvalue weighted by molar-refractivity contribution is 5.81. The fourth-order valence-corrected chi connectivity index (χ4v) is 6.61. The maximum absolute atomic E-state index is 12.5. The summed E-state index contributed by atoms with van der Waals surface area (Å²) >= 11 is 0. The first-order chi connectivity index (χ1) is 23.9. The third-order valence-corrected chi connectivity index (χ3v) is 10.1. The molecule has 0 spiro atoms. The van der Waals surface area contributed by atoms with E-state index in [1.165, 1.54) is 148 Å². The number of amides is 1. The zero-order valence-corrected chi connectivity index (χ0v) is 32.3. The second-order valence-electron chi connectivity index (χ2n) is 14.8. The van der Waals surface area contributed by atoms with Gasteiger partial charge in [0.25, 0.3) is 5.91 Å². The van der Waals surface area contributed by atoms with Crippen LogP contribution in [0.1, 0.15) is 213 Å². The summed E-state index contributed by atoms with van der Waals surface area (Å²) in [7, 11) is 0. The minimum Gasteiger partial charge on any atom is -0.394 e. The Hall–Kier alpha value is -0.990. The molecule has 0 unspecified atom stereocenters. The molecule has 0 radical (unpaired) electrons. The van der Waals surface area contributed by atoms with E-state index in [0.29, 0.717) is 19.3 Å². The van der Waals surface area contributed by atoms with E-state index in [4.69, 9.17) is 0 Å². The lowest BCUT2D eigenvalue weighted by molar-refractivity contribution is -0.138. The van der Waals surface area contributed by atoms with Gasteiger partial charge >= 0.3 is 0 Å². The van der Waals surface area contributed by atoms with Gasteiger partial charge in [-0.1, -0.05) is 187 Å². The van der Waals surface area contributed by atoms with Crippen molar-refractivity contribution in [2.75, 3.05) is 6.61 Å². The Morgan fingerprint density at radius 1 is 0.490 bits per heavy atom. The Kier molecular flexibility index (Phi) is 36.0. The van der Waals surface area contributed by atoms with Crippen LogP contribution in [0.5, 0.6) is 0 Å². The highest BCUT2D eigenvalue weighted by atomic mass is 16.3. The fourth-order valence-electron chi connectivity index (χ4n) is 6.61. The highest BCUT2D eigenvalue weighted by Gasteiger charge is 2.31.